The van der Waals surface area contributed by atoms with Gasteiger partial charge >= 0.3 is 0 Å². The highest BCUT2D eigenvalue weighted by Gasteiger charge is 2.21. The number of anilines is 1. The van der Waals surface area contributed by atoms with Gasteiger partial charge < -0.3 is 10.2 Å². The van der Waals surface area contributed by atoms with Crippen molar-refractivity contribution < 1.29 is 0 Å². The average molecular weight is 253 g/mol. The maximum Gasteiger partial charge on any atom is 0.185 e. The lowest BCUT2D eigenvalue weighted by Gasteiger charge is -2.31. The monoisotopic (exact) mass is 253 g/mol. The Hall–Kier alpha value is -0.610. The molecule has 0 spiro atoms. The smallest absolute Gasteiger partial charge is 0.185 e. The van der Waals surface area contributed by atoms with Gasteiger partial charge in [0.15, 0.2) is 5.13 Å². The molecule has 1 atom stereocenters. The molecular weight excluding hydrogens is 230 g/mol. The molecule has 1 fully saturated rings. The van der Waals surface area contributed by atoms with E-state index in [0.29, 0.717) is 0 Å². The van der Waals surface area contributed by atoms with E-state index in [4.69, 9.17) is 4.98 Å². The Balaban J connectivity index is 2.08. The number of nitrogens with one attached hydrogen (secondary N) is 1. The van der Waals surface area contributed by atoms with Gasteiger partial charge in [0.25, 0.3) is 0 Å². The summed E-state index contributed by atoms with van der Waals surface area (Å²) in [6.45, 7) is 7.74. The van der Waals surface area contributed by atoms with E-state index in [9.17, 15) is 0 Å². The predicted molar refractivity (Wildman–Crippen MR) is 74.8 cm³/mol. The van der Waals surface area contributed by atoms with Crippen molar-refractivity contribution in [2.45, 2.75) is 39.7 Å². The summed E-state index contributed by atoms with van der Waals surface area (Å²) in [6, 6.07) is 0. The number of hydrogen-bond donors (Lipinski definition) is 1. The van der Waals surface area contributed by atoms with Gasteiger partial charge in [0.1, 0.15) is 0 Å². The fourth-order valence-electron chi connectivity index (χ4n) is 2.44. The van der Waals surface area contributed by atoms with E-state index in [2.05, 4.69) is 24.1 Å². The van der Waals surface area contributed by atoms with Crippen LogP contribution in [0.1, 0.15) is 36.8 Å². The van der Waals surface area contributed by atoms with E-state index in [1.807, 2.05) is 18.4 Å². The molecule has 1 aromatic rings. The van der Waals surface area contributed by atoms with Gasteiger partial charge in [0.05, 0.1) is 5.69 Å². The molecule has 1 aromatic heterocycles. The van der Waals surface area contributed by atoms with Crippen molar-refractivity contribution in [3.8, 4) is 0 Å². The molecule has 17 heavy (non-hydrogen) atoms. The molecule has 0 aromatic carbocycles. The zero-order valence-corrected chi connectivity index (χ0v) is 11.9. The summed E-state index contributed by atoms with van der Waals surface area (Å²) in [7, 11) is 1.99. The van der Waals surface area contributed by atoms with Gasteiger partial charge in [-0.1, -0.05) is 13.3 Å². The minimum Gasteiger partial charge on any atom is -0.348 e. The summed E-state index contributed by atoms with van der Waals surface area (Å²) in [5.41, 5.74) is 1.19. The molecule has 96 valence electrons. The van der Waals surface area contributed by atoms with E-state index in [1.165, 1.54) is 48.1 Å². The molecular formula is C13H23N3S. The molecule has 3 nitrogen and oxygen atoms in total. The van der Waals surface area contributed by atoms with Crippen molar-refractivity contribution in [3.05, 3.63) is 10.6 Å². The number of nitrogens with zero attached hydrogens (tertiary/aromatic N) is 2. The first-order valence-electron chi connectivity index (χ1n) is 6.60. The number of aromatic nitrogens is 1. The summed E-state index contributed by atoms with van der Waals surface area (Å²) in [5.74, 6) is 0.862. The summed E-state index contributed by atoms with van der Waals surface area (Å²) < 4.78 is 0. The van der Waals surface area contributed by atoms with Crippen molar-refractivity contribution in [2.24, 2.45) is 5.92 Å². The van der Waals surface area contributed by atoms with Crippen molar-refractivity contribution >= 4 is 16.5 Å². The fourth-order valence-corrected chi connectivity index (χ4v) is 3.55. The van der Waals surface area contributed by atoms with Crippen molar-refractivity contribution in [1.29, 1.82) is 0 Å². The molecule has 0 radical (unpaired) electrons. The molecule has 1 unspecified atom stereocenters. The largest absolute Gasteiger partial charge is 0.348 e. The van der Waals surface area contributed by atoms with Gasteiger partial charge in [-0.05, 0) is 32.7 Å². The van der Waals surface area contributed by atoms with Gasteiger partial charge in [-0.3, -0.25) is 0 Å². The Morgan fingerprint density at radius 3 is 3.06 bits per heavy atom. The molecule has 1 aliphatic rings. The molecule has 1 aliphatic heterocycles. The number of rotatable bonds is 4. The second-order valence-corrected chi connectivity index (χ2v) is 5.96. The summed E-state index contributed by atoms with van der Waals surface area (Å²) in [5, 5.41) is 4.44. The first kappa shape index (κ1) is 12.8. The lowest BCUT2D eigenvalue weighted by molar-refractivity contribution is 0.404. The topological polar surface area (TPSA) is 28.2 Å². The highest BCUT2D eigenvalue weighted by Crippen LogP contribution is 2.30. The summed E-state index contributed by atoms with van der Waals surface area (Å²) >= 11 is 1.86. The molecule has 0 saturated carbocycles. The normalized spacial score (nSPS) is 20.9. The fraction of sp³-hybridized carbons (Fsp3) is 0.769. The Bertz CT molecular complexity index is 362. The van der Waals surface area contributed by atoms with E-state index in [1.54, 1.807) is 0 Å². The maximum absolute atomic E-state index is 4.73. The number of piperidine rings is 1. The molecule has 2 rings (SSSR count). The predicted octanol–water partition coefficient (Wildman–Crippen LogP) is 2.80. The highest BCUT2D eigenvalue weighted by molar-refractivity contribution is 7.15. The van der Waals surface area contributed by atoms with Gasteiger partial charge in [-0.15, -0.1) is 11.3 Å². The minimum atomic E-state index is 0.862. The van der Waals surface area contributed by atoms with Gasteiger partial charge in [0, 0.05) is 24.5 Å². The van der Waals surface area contributed by atoms with Crippen LogP contribution in [0.25, 0.3) is 0 Å². The van der Waals surface area contributed by atoms with E-state index < -0.39 is 0 Å². The third-order valence-corrected chi connectivity index (χ3v) is 4.80. The van der Waals surface area contributed by atoms with Crippen LogP contribution in [-0.4, -0.2) is 25.1 Å². The standard InChI is InChI=1S/C13H23N3S/c1-4-11-6-5-7-16(9-11)13-15-10(2)12(17-13)8-14-3/h11,14H,4-9H2,1-3H3. The molecule has 0 bridgehead atoms. The van der Waals surface area contributed by atoms with Crippen molar-refractivity contribution in [1.82, 2.24) is 10.3 Å². The van der Waals surface area contributed by atoms with E-state index in [0.717, 1.165) is 12.5 Å². The molecule has 0 aliphatic carbocycles. The molecule has 0 amide bonds. The third-order valence-electron chi connectivity index (χ3n) is 3.59. The Kier molecular flexibility index (Phi) is 4.40. The van der Waals surface area contributed by atoms with Crippen LogP contribution in [0.3, 0.4) is 0 Å². The lowest BCUT2D eigenvalue weighted by atomic mass is 9.96. The van der Waals surface area contributed by atoms with E-state index in [-0.39, 0.29) is 0 Å². The summed E-state index contributed by atoms with van der Waals surface area (Å²) in [6.07, 6.45) is 4.00. The van der Waals surface area contributed by atoms with Gasteiger partial charge in [-0.2, -0.15) is 0 Å². The first-order valence-corrected chi connectivity index (χ1v) is 7.42. The van der Waals surface area contributed by atoms with Crippen LogP contribution in [0.5, 0.6) is 0 Å². The van der Waals surface area contributed by atoms with E-state index >= 15 is 0 Å². The van der Waals surface area contributed by atoms with Crippen LogP contribution in [0, 0.1) is 12.8 Å². The van der Waals surface area contributed by atoms with Crippen LogP contribution >= 0.6 is 11.3 Å². The van der Waals surface area contributed by atoms with Gasteiger partial charge in [0.2, 0.25) is 0 Å². The van der Waals surface area contributed by atoms with Crippen LogP contribution in [0.2, 0.25) is 0 Å². The SMILES string of the molecule is CCC1CCCN(c2nc(C)c(CNC)s2)C1. The van der Waals surface area contributed by atoms with Gasteiger partial charge in [-0.25, -0.2) is 4.98 Å². The summed E-state index contributed by atoms with van der Waals surface area (Å²) in [4.78, 5) is 8.58. The average Bonchev–Trinajstić information content (AvgIpc) is 2.72. The highest BCUT2D eigenvalue weighted by atomic mass is 32.1. The van der Waals surface area contributed by atoms with Crippen LogP contribution < -0.4 is 10.2 Å². The molecule has 2 heterocycles. The Morgan fingerprint density at radius 1 is 1.53 bits per heavy atom. The third kappa shape index (κ3) is 2.99. The number of thiazole rings is 1. The maximum atomic E-state index is 4.73. The van der Waals surface area contributed by atoms with Crippen molar-refractivity contribution in [2.75, 3.05) is 25.0 Å². The van der Waals surface area contributed by atoms with Crippen LogP contribution in [0.15, 0.2) is 0 Å². The van der Waals surface area contributed by atoms with Crippen molar-refractivity contribution in [3.63, 3.8) is 0 Å². The first-order chi connectivity index (χ1) is 8.24. The second kappa shape index (κ2) is 5.83. The Labute approximate surface area is 108 Å². The quantitative estimate of drug-likeness (QED) is 0.894. The van der Waals surface area contributed by atoms with Crippen LogP contribution in [-0.2, 0) is 6.54 Å². The minimum absolute atomic E-state index is 0.862. The zero-order valence-electron chi connectivity index (χ0n) is 11.1. The molecule has 1 N–H and O–H groups in total. The second-order valence-electron chi connectivity index (χ2n) is 4.90. The number of aryl methyl sites for hydroxylation is 1. The Morgan fingerprint density at radius 2 is 2.35 bits per heavy atom. The van der Waals surface area contributed by atoms with Crippen LogP contribution in [0.4, 0.5) is 5.13 Å². The zero-order chi connectivity index (χ0) is 12.3. The lowest BCUT2D eigenvalue weighted by Crippen LogP contribution is -2.35. The number of hydrogen-bond acceptors (Lipinski definition) is 4. The molecule has 4 heteroatoms. The molecule has 1 saturated heterocycles.